The van der Waals surface area contributed by atoms with E-state index in [1.165, 1.54) is 11.1 Å². The van der Waals surface area contributed by atoms with E-state index in [0.717, 1.165) is 57.2 Å². The molecular formula is C27H24N4. The Kier molecular flexibility index (Phi) is 4.83. The minimum Gasteiger partial charge on any atom is -0.340 e. The second-order valence-corrected chi connectivity index (χ2v) is 8.10. The van der Waals surface area contributed by atoms with Gasteiger partial charge < -0.3 is 4.98 Å². The number of H-pyrrole nitrogens is 1. The van der Waals surface area contributed by atoms with Crippen LogP contribution in [0.15, 0.2) is 72.8 Å². The molecule has 1 N–H and O–H groups in total. The maximum absolute atomic E-state index is 5.02. The predicted molar refractivity (Wildman–Crippen MR) is 126 cm³/mol. The molecule has 31 heavy (non-hydrogen) atoms. The molecule has 4 nitrogen and oxygen atoms in total. The van der Waals surface area contributed by atoms with Crippen LogP contribution in [0.2, 0.25) is 0 Å². The van der Waals surface area contributed by atoms with E-state index in [4.69, 9.17) is 9.97 Å². The molecule has 152 valence electrons. The number of aryl methyl sites for hydroxylation is 3. The van der Waals surface area contributed by atoms with Gasteiger partial charge in [0.05, 0.1) is 22.6 Å². The number of hydrogen-bond acceptors (Lipinski definition) is 3. The van der Waals surface area contributed by atoms with Crippen molar-refractivity contribution in [2.24, 2.45) is 0 Å². The SMILES string of the molecule is Cc1cccc(Cc2nc(-c3ccc4nc(C)ccc4c3)c(-c3cccc(C)n3)[nH]2)c1. The van der Waals surface area contributed by atoms with E-state index in [0.29, 0.717) is 0 Å². The largest absolute Gasteiger partial charge is 0.340 e. The molecule has 2 aromatic carbocycles. The fourth-order valence-electron chi connectivity index (χ4n) is 3.97. The zero-order valence-electron chi connectivity index (χ0n) is 18.0. The maximum Gasteiger partial charge on any atom is 0.111 e. The third kappa shape index (κ3) is 3.97. The summed E-state index contributed by atoms with van der Waals surface area (Å²) in [5.74, 6) is 0.932. The Labute approximate surface area is 182 Å². The van der Waals surface area contributed by atoms with Crippen LogP contribution in [-0.4, -0.2) is 19.9 Å². The number of imidazole rings is 1. The van der Waals surface area contributed by atoms with Gasteiger partial charge in [0.1, 0.15) is 5.82 Å². The number of nitrogens with one attached hydrogen (secondary N) is 1. The van der Waals surface area contributed by atoms with Crippen molar-refractivity contribution >= 4 is 10.9 Å². The number of fused-ring (bicyclic) bond motifs is 1. The van der Waals surface area contributed by atoms with Crippen LogP contribution in [0, 0.1) is 20.8 Å². The van der Waals surface area contributed by atoms with Crippen LogP contribution in [0.25, 0.3) is 33.5 Å². The van der Waals surface area contributed by atoms with E-state index in [-0.39, 0.29) is 0 Å². The summed E-state index contributed by atoms with van der Waals surface area (Å²) in [5.41, 5.74) is 9.32. The third-order valence-corrected chi connectivity index (χ3v) is 5.45. The molecule has 0 aliphatic carbocycles. The van der Waals surface area contributed by atoms with Crippen LogP contribution in [0.1, 0.15) is 28.3 Å². The average Bonchev–Trinajstić information content (AvgIpc) is 3.17. The Bertz CT molecular complexity index is 1400. The van der Waals surface area contributed by atoms with Crippen LogP contribution in [0.3, 0.4) is 0 Å². The quantitative estimate of drug-likeness (QED) is 0.388. The number of benzene rings is 2. The molecule has 0 spiro atoms. The molecule has 0 radical (unpaired) electrons. The zero-order valence-corrected chi connectivity index (χ0v) is 18.0. The maximum atomic E-state index is 5.02. The molecular weight excluding hydrogens is 380 g/mol. The van der Waals surface area contributed by atoms with Gasteiger partial charge in [-0.25, -0.2) is 4.98 Å². The average molecular weight is 405 g/mol. The van der Waals surface area contributed by atoms with Crippen LogP contribution in [0.4, 0.5) is 0 Å². The highest BCUT2D eigenvalue weighted by Crippen LogP contribution is 2.31. The first kappa shape index (κ1) is 19.2. The summed E-state index contributed by atoms with van der Waals surface area (Å²) in [7, 11) is 0. The molecule has 0 aliphatic heterocycles. The molecule has 4 heteroatoms. The minimum atomic E-state index is 0.745. The molecule has 0 atom stereocenters. The van der Waals surface area contributed by atoms with E-state index < -0.39 is 0 Å². The second kappa shape index (κ2) is 7.80. The molecule has 5 rings (SSSR count). The van der Waals surface area contributed by atoms with Crippen molar-refractivity contribution in [3.8, 4) is 22.6 Å². The molecule has 0 saturated carbocycles. The van der Waals surface area contributed by atoms with E-state index >= 15 is 0 Å². The molecule has 5 aromatic rings. The Hall–Kier alpha value is -3.79. The van der Waals surface area contributed by atoms with Crippen molar-refractivity contribution in [1.29, 1.82) is 0 Å². The van der Waals surface area contributed by atoms with E-state index in [9.17, 15) is 0 Å². The first-order valence-corrected chi connectivity index (χ1v) is 10.5. The zero-order chi connectivity index (χ0) is 21.4. The molecule has 0 unspecified atom stereocenters. The van der Waals surface area contributed by atoms with E-state index in [1.54, 1.807) is 0 Å². The summed E-state index contributed by atoms with van der Waals surface area (Å²) >= 11 is 0. The molecule has 3 heterocycles. The monoisotopic (exact) mass is 404 g/mol. The normalized spacial score (nSPS) is 11.2. The van der Waals surface area contributed by atoms with Gasteiger partial charge >= 0.3 is 0 Å². The fraction of sp³-hybridized carbons (Fsp3) is 0.148. The van der Waals surface area contributed by atoms with Gasteiger partial charge in [0.25, 0.3) is 0 Å². The number of hydrogen-bond donors (Lipinski definition) is 1. The van der Waals surface area contributed by atoms with Crippen molar-refractivity contribution < 1.29 is 0 Å². The summed E-state index contributed by atoms with van der Waals surface area (Å²) in [6.07, 6.45) is 0.745. The lowest BCUT2D eigenvalue weighted by Crippen LogP contribution is -1.92. The van der Waals surface area contributed by atoms with Crippen molar-refractivity contribution in [2.75, 3.05) is 0 Å². The number of rotatable bonds is 4. The second-order valence-electron chi connectivity index (χ2n) is 8.10. The van der Waals surface area contributed by atoms with Gasteiger partial charge in [-0.1, -0.05) is 48.0 Å². The molecule has 0 amide bonds. The summed E-state index contributed by atoms with van der Waals surface area (Å²) in [4.78, 5) is 18.0. The lowest BCUT2D eigenvalue weighted by Gasteiger charge is -2.05. The number of aromatic nitrogens is 4. The Morgan fingerprint density at radius 1 is 0.742 bits per heavy atom. The molecule has 3 aromatic heterocycles. The lowest BCUT2D eigenvalue weighted by molar-refractivity contribution is 1.02. The highest BCUT2D eigenvalue weighted by molar-refractivity contribution is 5.87. The van der Waals surface area contributed by atoms with Crippen LogP contribution < -0.4 is 0 Å². The topological polar surface area (TPSA) is 54.5 Å². The van der Waals surface area contributed by atoms with Crippen molar-refractivity contribution in [2.45, 2.75) is 27.2 Å². The summed E-state index contributed by atoms with van der Waals surface area (Å²) < 4.78 is 0. The van der Waals surface area contributed by atoms with Gasteiger partial charge in [-0.05, 0) is 56.7 Å². The van der Waals surface area contributed by atoms with Gasteiger partial charge in [-0.3, -0.25) is 9.97 Å². The highest BCUT2D eigenvalue weighted by Gasteiger charge is 2.16. The van der Waals surface area contributed by atoms with Gasteiger partial charge in [-0.2, -0.15) is 0 Å². The smallest absolute Gasteiger partial charge is 0.111 e. The Balaban J connectivity index is 1.64. The number of pyridine rings is 2. The minimum absolute atomic E-state index is 0.745. The van der Waals surface area contributed by atoms with Gasteiger partial charge in [0.15, 0.2) is 0 Å². The lowest BCUT2D eigenvalue weighted by atomic mass is 10.0. The van der Waals surface area contributed by atoms with Crippen molar-refractivity contribution in [1.82, 2.24) is 19.9 Å². The number of aromatic amines is 1. The van der Waals surface area contributed by atoms with Crippen molar-refractivity contribution in [3.63, 3.8) is 0 Å². The van der Waals surface area contributed by atoms with Gasteiger partial charge in [0.2, 0.25) is 0 Å². The van der Waals surface area contributed by atoms with E-state index in [2.05, 4.69) is 65.4 Å². The summed E-state index contributed by atoms with van der Waals surface area (Å²) in [6, 6.07) is 25.1. The summed E-state index contributed by atoms with van der Waals surface area (Å²) in [6.45, 7) is 6.14. The fourth-order valence-corrected chi connectivity index (χ4v) is 3.97. The molecule has 0 fully saturated rings. The van der Waals surface area contributed by atoms with E-state index in [1.807, 2.05) is 38.1 Å². The molecule has 0 aliphatic rings. The van der Waals surface area contributed by atoms with Crippen molar-refractivity contribution in [3.05, 3.63) is 101 Å². The standard InChI is InChI=1S/C27H24N4/c1-17-6-4-8-20(14-17)15-25-30-26(27(31-25)24-9-5-7-18(2)29-24)22-12-13-23-21(16-22)11-10-19(3)28-23/h4-14,16H,15H2,1-3H3,(H,30,31). The van der Waals surface area contributed by atoms with Crippen LogP contribution in [-0.2, 0) is 6.42 Å². The Morgan fingerprint density at radius 2 is 1.58 bits per heavy atom. The number of nitrogens with zero attached hydrogens (tertiary/aromatic N) is 3. The first-order valence-electron chi connectivity index (χ1n) is 10.5. The van der Waals surface area contributed by atoms with Crippen LogP contribution in [0.5, 0.6) is 0 Å². The summed E-state index contributed by atoms with van der Waals surface area (Å²) in [5, 5.41) is 1.11. The van der Waals surface area contributed by atoms with Crippen LogP contribution >= 0.6 is 0 Å². The van der Waals surface area contributed by atoms with Gasteiger partial charge in [0, 0.05) is 28.8 Å². The third-order valence-electron chi connectivity index (χ3n) is 5.45. The van der Waals surface area contributed by atoms with Gasteiger partial charge in [-0.15, -0.1) is 0 Å². The Morgan fingerprint density at radius 3 is 2.42 bits per heavy atom. The first-order chi connectivity index (χ1) is 15.0. The molecule has 0 bridgehead atoms. The highest BCUT2D eigenvalue weighted by atomic mass is 15.0. The molecule has 0 saturated heterocycles. The predicted octanol–water partition coefficient (Wildman–Crippen LogP) is 6.20.